The second-order valence-corrected chi connectivity index (χ2v) is 8.83. The fraction of sp³-hybridized carbons (Fsp3) is 0.545. The molecule has 2 aliphatic heterocycles. The van der Waals surface area contributed by atoms with Gasteiger partial charge in [0.25, 0.3) is 11.8 Å². The Morgan fingerprint density at radius 2 is 1.85 bits per heavy atom. The van der Waals surface area contributed by atoms with Gasteiger partial charge in [0.05, 0.1) is 0 Å². The molecular formula is C22H29F2N7O3. The SMILES string of the molecule is CNC(=O)/C(NC)=C(O)/C=C(\C)Nc1nccc(N2C[C@H]3CC[C@@H](C2)N3C(=O)[C@@H]2CC2(F)F)n1. The maximum atomic E-state index is 13.4. The number of nitrogens with one attached hydrogen (secondary N) is 3. The summed E-state index contributed by atoms with van der Waals surface area (Å²) in [5.41, 5.74) is 0.525. The van der Waals surface area contributed by atoms with E-state index in [1.165, 1.54) is 20.2 Å². The molecule has 0 radical (unpaired) electrons. The average Bonchev–Trinajstić information content (AvgIpc) is 3.36. The van der Waals surface area contributed by atoms with Gasteiger partial charge in [0.2, 0.25) is 11.9 Å². The second kappa shape index (κ2) is 9.07. The van der Waals surface area contributed by atoms with Crippen LogP contribution in [0.25, 0.3) is 0 Å². The van der Waals surface area contributed by atoms with E-state index < -0.39 is 23.7 Å². The molecule has 1 aromatic heterocycles. The summed E-state index contributed by atoms with van der Waals surface area (Å²) in [6.45, 7) is 2.74. The largest absolute Gasteiger partial charge is 0.506 e. The number of halogens is 2. The van der Waals surface area contributed by atoms with E-state index in [4.69, 9.17) is 0 Å². The highest BCUT2D eigenvalue weighted by atomic mass is 19.3. The second-order valence-electron chi connectivity index (χ2n) is 8.83. The predicted octanol–water partition coefficient (Wildman–Crippen LogP) is 1.36. The number of carbonyl (C=O) groups is 2. The standard InChI is InChI=1S/C22H29F2N7O3/c1-12(8-16(32)18(25-2)19(33)26-3)28-21-27-7-6-17(29-21)30-10-13-4-5-14(11-30)31(13)20(34)15-9-22(15,23)24/h6-8,13-15,25,32H,4-5,9-11H2,1-3H3,(H,26,33)(H,27,28,29)/b12-8+,18-16+/t13-,14+,15-/m0/s1. The van der Waals surface area contributed by atoms with Crippen molar-refractivity contribution in [3.8, 4) is 0 Å². The molecule has 2 bridgehead atoms. The quantitative estimate of drug-likeness (QED) is 0.264. The number of alkyl halides is 2. The number of aliphatic hydroxyl groups is 1. The van der Waals surface area contributed by atoms with Crippen molar-refractivity contribution in [1.29, 1.82) is 0 Å². The van der Waals surface area contributed by atoms with Gasteiger partial charge in [-0.25, -0.2) is 13.8 Å². The van der Waals surface area contributed by atoms with Crippen LogP contribution in [0.4, 0.5) is 20.5 Å². The summed E-state index contributed by atoms with van der Waals surface area (Å²) in [7, 11) is 2.99. The zero-order valence-electron chi connectivity index (χ0n) is 19.3. The van der Waals surface area contributed by atoms with E-state index in [-0.39, 0.29) is 30.0 Å². The molecule has 34 heavy (non-hydrogen) atoms. The van der Waals surface area contributed by atoms with E-state index in [0.717, 1.165) is 12.8 Å². The summed E-state index contributed by atoms with van der Waals surface area (Å²) in [6.07, 6.45) is 4.21. The monoisotopic (exact) mass is 477 g/mol. The van der Waals surface area contributed by atoms with Crippen molar-refractivity contribution in [1.82, 2.24) is 25.5 Å². The van der Waals surface area contributed by atoms with Gasteiger partial charge in [-0.15, -0.1) is 0 Å². The summed E-state index contributed by atoms with van der Waals surface area (Å²) in [4.78, 5) is 36.9. The minimum atomic E-state index is -2.86. The van der Waals surface area contributed by atoms with Crippen LogP contribution in [0.2, 0.25) is 0 Å². The van der Waals surface area contributed by atoms with Crippen molar-refractivity contribution in [2.45, 2.75) is 44.2 Å². The van der Waals surface area contributed by atoms with Gasteiger partial charge in [-0.2, -0.15) is 4.98 Å². The molecule has 3 fully saturated rings. The lowest BCUT2D eigenvalue weighted by Gasteiger charge is -2.41. The van der Waals surface area contributed by atoms with Crippen LogP contribution in [0.3, 0.4) is 0 Å². The molecule has 1 aliphatic carbocycles. The predicted molar refractivity (Wildman–Crippen MR) is 121 cm³/mol. The Hall–Kier alpha value is -3.44. The number of likely N-dealkylation sites (N-methyl/N-ethyl adjacent to an activating group) is 2. The Morgan fingerprint density at radius 3 is 2.41 bits per heavy atom. The Balaban J connectivity index is 1.44. The van der Waals surface area contributed by atoms with Gasteiger partial charge < -0.3 is 30.9 Å². The maximum Gasteiger partial charge on any atom is 0.270 e. The number of nitrogens with zero attached hydrogens (tertiary/aromatic N) is 4. The average molecular weight is 478 g/mol. The number of anilines is 2. The molecule has 2 amide bonds. The Bertz CT molecular complexity index is 1030. The lowest BCUT2D eigenvalue weighted by Crippen LogP contribution is -2.56. The van der Waals surface area contributed by atoms with Gasteiger partial charge >= 0.3 is 0 Å². The van der Waals surface area contributed by atoms with Crippen LogP contribution in [0.15, 0.2) is 35.5 Å². The number of amides is 2. The summed E-state index contributed by atoms with van der Waals surface area (Å²) >= 11 is 0. The number of piperazine rings is 1. The molecule has 184 valence electrons. The number of hydrogen-bond acceptors (Lipinski definition) is 8. The van der Waals surface area contributed by atoms with Crippen LogP contribution in [0.5, 0.6) is 0 Å². The number of allylic oxidation sites excluding steroid dienone is 2. The molecule has 10 nitrogen and oxygen atoms in total. The van der Waals surface area contributed by atoms with Crippen LogP contribution < -0.4 is 20.9 Å². The summed E-state index contributed by atoms with van der Waals surface area (Å²) < 4.78 is 26.9. The van der Waals surface area contributed by atoms with Crippen LogP contribution in [0.1, 0.15) is 26.2 Å². The highest BCUT2D eigenvalue weighted by Gasteiger charge is 2.64. The topological polar surface area (TPSA) is 123 Å². The molecule has 3 aliphatic rings. The fourth-order valence-corrected chi connectivity index (χ4v) is 4.67. The first-order valence-electron chi connectivity index (χ1n) is 11.2. The summed E-state index contributed by atoms with van der Waals surface area (Å²) in [6, 6.07) is 1.54. The molecule has 0 spiro atoms. The summed E-state index contributed by atoms with van der Waals surface area (Å²) in [5.74, 6) is -4.19. The Kier molecular flexibility index (Phi) is 6.32. The first kappa shape index (κ1) is 23.7. The molecule has 4 N–H and O–H groups in total. The van der Waals surface area contributed by atoms with E-state index in [0.29, 0.717) is 30.6 Å². The van der Waals surface area contributed by atoms with E-state index in [1.54, 1.807) is 24.1 Å². The third-order valence-corrected chi connectivity index (χ3v) is 6.45. The van der Waals surface area contributed by atoms with Gasteiger partial charge in [-0.3, -0.25) is 9.59 Å². The molecule has 3 heterocycles. The maximum absolute atomic E-state index is 13.4. The number of hydrogen-bond donors (Lipinski definition) is 4. The zero-order valence-corrected chi connectivity index (χ0v) is 19.3. The van der Waals surface area contributed by atoms with E-state index >= 15 is 0 Å². The zero-order chi connectivity index (χ0) is 24.6. The Labute approximate surface area is 196 Å². The molecular weight excluding hydrogens is 448 g/mol. The van der Waals surface area contributed by atoms with Gasteiger partial charge in [-0.05, 0) is 25.8 Å². The minimum Gasteiger partial charge on any atom is -0.506 e. The van der Waals surface area contributed by atoms with E-state index in [2.05, 4.69) is 25.9 Å². The number of aromatic nitrogens is 2. The third-order valence-electron chi connectivity index (χ3n) is 6.45. The van der Waals surface area contributed by atoms with Crippen LogP contribution >= 0.6 is 0 Å². The van der Waals surface area contributed by atoms with Crippen LogP contribution in [0, 0.1) is 5.92 Å². The van der Waals surface area contributed by atoms with Gasteiger partial charge in [0.1, 0.15) is 23.2 Å². The molecule has 12 heteroatoms. The highest BCUT2D eigenvalue weighted by Crippen LogP contribution is 2.51. The lowest BCUT2D eigenvalue weighted by molar-refractivity contribution is -0.138. The molecule has 1 saturated carbocycles. The summed E-state index contributed by atoms with van der Waals surface area (Å²) in [5, 5.41) is 18.3. The normalized spacial score (nSPS) is 26.0. The number of rotatable bonds is 7. The number of aliphatic hydroxyl groups excluding tert-OH is 1. The first-order valence-corrected chi connectivity index (χ1v) is 11.2. The van der Waals surface area contributed by atoms with Gasteiger partial charge in [0, 0.05) is 63.7 Å². The first-order chi connectivity index (χ1) is 16.1. The van der Waals surface area contributed by atoms with E-state index in [1.807, 2.05) is 4.90 Å². The highest BCUT2D eigenvalue weighted by molar-refractivity contribution is 5.93. The molecule has 0 unspecified atom stereocenters. The van der Waals surface area contributed by atoms with Crippen molar-refractivity contribution in [2.75, 3.05) is 37.4 Å². The van der Waals surface area contributed by atoms with Crippen molar-refractivity contribution in [2.24, 2.45) is 5.92 Å². The molecule has 2 saturated heterocycles. The molecule has 4 rings (SSSR count). The Morgan fingerprint density at radius 1 is 1.21 bits per heavy atom. The molecule has 3 atom stereocenters. The fourth-order valence-electron chi connectivity index (χ4n) is 4.67. The van der Waals surface area contributed by atoms with Crippen molar-refractivity contribution >= 4 is 23.6 Å². The van der Waals surface area contributed by atoms with Crippen molar-refractivity contribution in [3.63, 3.8) is 0 Å². The third kappa shape index (κ3) is 4.62. The van der Waals surface area contributed by atoms with Crippen molar-refractivity contribution in [3.05, 3.63) is 35.5 Å². The number of fused-ring (bicyclic) bond motifs is 2. The van der Waals surface area contributed by atoms with Crippen LogP contribution in [-0.2, 0) is 9.59 Å². The minimum absolute atomic E-state index is 0.0187. The molecule has 1 aromatic rings. The molecule has 0 aromatic carbocycles. The van der Waals surface area contributed by atoms with Gasteiger partial charge in [0.15, 0.2) is 0 Å². The lowest BCUT2D eigenvalue weighted by atomic mass is 10.1. The van der Waals surface area contributed by atoms with Crippen molar-refractivity contribution < 1.29 is 23.5 Å². The number of carbonyl (C=O) groups excluding carboxylic acids is 2. The van der Waals surface area contributed by atoms with Crippen LogP contribution in [-0.4, -0.2) is 77.0 Å². The van der Waals surface area contributed by atoms with E-state index in [9.17, 15) is 23.5 Å². The van der Waals surface area contributed by atoms with Gasteiger partial charge in [-0.1, -0.05) is 0 Å². The smallest absolute Gasteiger partial charge is 0.270 e.